The maximum atomic E-state index is 12.9. The van der Waals surface area contributed by atoms with E-state index in [1.807, 2.05) is 6.92 Å². The lowest BCUT2D eigenvalue weighted by atomic mass is 9.97. The Morgan fingerprint density at radius 1 is 1.03 bits per heavy atom. The Morgan fingerprint density at radius 2 is 1.68 bits per heavy atom. The Bertz CT molecular complexity index is 1110. The zero-order valence-electron chi connectivity index (χ0n) is 19.0. The first-order chi connectivity index (χ1) is 16.2. The average Bonchev–Trinajstić information content (AvgIpc) is 2.82. The van der Waals surface area contributed by atoms with E-state index in [1.165, 1.54) is 4.31 Å². The Kier molecular flexibility index (Phi) is 9.36. The molecule has 1 heterocycles. The number of piperidine rings is 1. The van der Waals surface area contributed by atoms with Crippen molar-refractivity contribution in [2.75, 3.05) is 25.0 Å². The van der Waals surface area contributed by atoms with Crippen molar-refractivity contribution in [3.8, 4) is 0 Å². The minimum absolute atomic E-state index is 0.222. The number of carbonyl (C=O) groups is 2. The fourth-order valence-electron chi connectivity index (χ4n) is 3.84. The second-order valence-corrected chi connectivity index (χ2v) is 11.1. The number of rotatable bonds is 9. The second kappa shape index (κ2) is 12.0. The molecule has 0 saturated carbocycles. The van der Waals surface area contributed by atoms with E-state index in [2.05, 4.69) is 10.6 Å². The minimum Gasteiger partial charge on any atom is -0.352 e. The van der Waals surface area contributed by atoms with Gasteiger partial charge in [-0.2, -0.15) is 0 Å². The van der Waals surface area contributed by atoms with Crippen LogP contribution in [-0.2, 0) is 20.6 Å². The van der Waals surface area contributed by atoms with Gasteiger partial charge in [-0.1, -0.05) is 54.7 Å². The molecule has 1 fully saturated rings. The zero-order valence-corrected chi connectivity index (χ0v) is 21.3. The third-order valence-electron chi connectivity index (χ3n) is 5.85. The number of unbranched alkanes of at least 4 members (excludes halogenated alkanes) is 1. The van der Waals surface area contributed by atoms with Crippen LogP contribution < -0.4 is 10.6 Å². The predicted molar refractivity (Wildman–Crippen MR) is 136 cm³/mol. The Balaban J connectivity index is 1.60. The van der Waals surface area contributed by atoms with E-state index in [1.54, 1.807) is 42.5 Å². The van der Waals surface area contributed by atoms with Crippen LogP contribution in [0.15, 0.2) is 42.5 Å². The number of nitrogens with one attached hydrogen (secondary N) is 2. The third-order valence-corrected chi connectivity index (χ3v) is 8.37. The molecule has 10 heteroatoms. The Morgan fingerprint density at radius 3 is 2.32 bits per heavy atom. The summed E-state index contributed by atoms with van der Waals surface area (Å²) in [6.45, 7) is 3.07. The largest absolute Gasteiger partial charge is 0.352 e. The monoisotopic (exact) mass is 525 g/mol. The lowest BCUT2D eigenvalue weighted by Crippen LogP contribution is -2.42. The standard InChI is InChI=1S/C24H29Cl2N3O4S/c1-2-3-13-27-24(31)18-7-4-5-10-22(18)28-23(30)17-11-14-29(15-12-17)34(32,33)16-19-20(25)8-6-9-21(19)26/h4-10,17H,2-3,11-16H2,1H3,(H,27,31)(H,28,30). The average molecular weight is 526 g/mol. The van der Waals surface area contributed by atoms with E-state index in [0.717, 1.165) is 12.8 Å². The molecule has 34 heavy (non-hydrogen) atoms. The molecular weight excluding hydrogens is 497 g/mol. The molecular formula is C24H29Cl2N3O4S. The van der Waals surface area contributed by atoms with Crippen LogP contribution in [0.25, 0.3) is 0 Å². The Labute approximate surface area is 210 Å². The number of sulfonamides is 1. The normalized spacial score (nSPS) is 15.1. The molecule has 2 aromatic carbocycles. The van der Waals surface area contributed by atoms with Crippen molar-refractivity contribution in [2.45, 2.75) is 38.4 Å². The number of para-hydroxylation sites is 1. The lowest BCUT2D eigenvalue weighted by molar-refractivity contribution is -0.120. The minimum atomic E-state index is -3.64. The Hall–Kier alpha value is -2.13. The van der Waals surface area contributed by atoms with Crippen LogP contribution in [0.4, 0.5) is 5.69 Å². The van der Waals surface area contributed by atoms with Gasteiger partial charge in [-0.15, -0.1) is 0 Å². The molecule has 2 amide bonds. The lowest BCUT2D eigenvalue weighted by Gasteiger charge is -2.31. The van der Waals surface area contributed by atoms with Gasteiger partial charge in [0.1, 0.15) is 0 Å². The molecule has 184 valence electrons. The maximum absolute atomic E-state index is 12.9. The number of hydrogen-bond acceptors (Lipinski definition) is 4. The van der Waals surface area contributed by atoms with Gasteiger partial charge in [0.2, 0.25) is 15.9 Å². The number of hydrogen-bond donors (Lipinski definition) is 2. The molecule has 0 bridgehead atoms. The molecule has 0 aromatic heterocycles. The highest BCUT2D eigenvalue weighted by Crippen LogP contribution is 2.29. The molecule has 7 nitrogen and oxygen atoms in total. The first kappa shape index (κ1) is 26.5. The van der Waals surface area contributed by atoms with Crippen LogP contribution in [-0.4, -0.2) is 44.2 Å². The summed E-state index contributed by atoms with van der Waals surface area (Å²) < 4.78 is 27.2. The van der Waals surface area contributed by atoms with Crippen molar-refractivity contribution < 1.29 is 18.0 Å². The summed E-state index contributed by atoms with van der Waals surface area (Å²) in [5.41, 5.74) is 1.23. The van der Waals surface area contributed by atoms with Crippen molar-refractivity contribution in [3.63, 3.8) is 0 Å². The van der Waals surface area contributed by atoms with Crippen molar-refractivity contribution in [1.82, 2.24) is 9.62 Å². The number of nitrogens with zero attached hydrogens (tertiary/aromatic N) is 1. The van der Waals surface area contributed by atoms with E-state index in [0.29, 0.717) is 46.2 Å². The fraction of sp³-hybridized carbons (Fsp3) is 0.417. The van der Waals surface area contributed by atoms with Crippen LogP contribution >= 0.6 is 23.2 Å². The van der Waals surface area contributed by atoms with Crippen molar-refractivity contribution >= 4 is 50.7 Å². The van der Waals surface area contributed by atoms with Crippen molar-refractivity contribution in [2.24, 2.45) is 5.92 Å². The molecule has 1 aliphatic rings. The molecule has 0 spiro atoms. The highest BCUT2D eigenvalue weighted by Gasteiger charge is 2.32. The summed E-state index contributed by atoms with van der Waals surface area (Å²) in [7, 11) is -3.64. The van der Waals surface area contributed by atoms with Gasteiger partial charge in [-0.3, -0.25) is 9.59 Å². The summed E-state index contributed by atoms with van der Waals surface area (Å²) in [4.78, 5) is 25.4. The van der Waals surface area contributed by atoms with Gasteiger partial charge in [0, 0.05) is 41.2 Å². The first-order valence-electron chi connectivity index (χ1n) is 11.3. The quantitative estimate of drug-likeness (QED) is 0.463. The van der Waals surface area contributed by atoms with Gasteiger partial charge in [-0.25, -0.2) is 12.7 Å². The van der Waals surface area contributed by atoms with Gasteiger partial charge in [0.05, 0.1) is 17.0 Å². The van der Waals surface area contributed by atoms with E-state index in [4.69, 9.17) is 23.2 Å². The van der Waals surface area contributed by atoms with E-state index < -0.39 is 10.0 Å². The SMILES string of the molecule is CCCCNC(=O)c1ccccc1NC(=O)C1CCN(S(=O)(=O)Cc2c(Cl)cccc2Cl)CC1. The van der Waals surface area contributed by atoms with Gasteiger partial charge >= 0.3 is 0 Å². The summed E-state index contributed by atoms with van der Waals surface area (Å²) in [5.74, 6) is -1.10. The van der Waals surface area contributed by atoms with Crippen LogP contribution in [0.2, 0.25) is 10.0 Å². The molecule has 0 unspecified atom stereocenters. The van der Waals surface area contributed by atoms with Crippen LogP contribution in [0.5, 0.6) is 0 Å². The number of carbonyl (C=O) groups excluding carboxylic acids is 2. The third kappa shape index (κ3) is 6.72. The highest BCUT2D eigenvalue weighted by molar-refractivity contribution is 7.88. The molecule has 1 saturated heterocycles. The molecule has 2 aromatic rings. The van der Waals surface area contributed by atoms with E-state index in [9.17, 15) is 18.0 Å². The van der Waals surface area contributed by atoms with Gasteiger partial charge in [0.15, 0.2) is 0 Å². The molecule has 0 atom stereocenters. The zero-order chi connectivity index (χ0) is 24.7. The van der Waals surface area contributed by atoms with Crippen molar-refractivity contribution in [1.29, 1.82) is 0 Å². The molecule has 0 radical (unpaired) electrons. The van der Waals surface area contributed by atoms with Crippen LogP contribution in [0.1, 0.15) is 48.5 Å². The number of amides is 2. The topological polar surface area (TPSA) is 95.6 Å². The van der Waals surface area contributed by atoms with Gasteiger partial charge < -0.3 is 10.6 Å². The fourth-order valence-corrected chi connectivity index (χ4v) is 6.15. The molecule has 1 aliphatic heterocycles. The second-order valence-electron chi connectivity index (χ2n) is 8.27. The summed E-state index contributed by atoms with van der Waals surface area (Å²) in [6.07, 6.45) is 2.61. The summed E-state index contributed by atoms with van der Waals surface area (Å²) >= 11 is 12.3. The van der Waals surface area contributed by atoms with Crippen LogP contribution in [0, 0.1) is 5.92 Å². The summed E-state index contributed by atoms with van der Waals surface area (Å²) in [5, 5.41) is 6.33. The summed E-state index contributed by atoms with van der Waals surface area (Å²) in [6, 6.07) is 11.8. The number of benzene rings is 2. The smallest absolute Gasteiger partial charge is 0.253 e. The highest BCUT2D eigenvalue weighted by atomic mass is 35.5. The molecule has 0 aliphatic carbocycles. The predicted octanol–water partition coefficient (Wildman–Crippen LogP) is 4.70. The van der Waals surface area contributed by atoms with E-state index in [-0.39, 0.29) is 36.6 Å². The van der Waals surface area contributed by atoms with Gasteiger partial charge in [-0.05, 0) is 43.5 Å². The molecule has 2 N–H and O–H groups in total. The van der Waals surface area contributed by atoms with Gasteiger partial charge in [0.25, 0.3) is 5.91 Å². The van der Waals surface area contributed by atoms with E-state index >= 15 is 0 Å². The number of halogens is 2. The first-order valence-corrected chi connectivity index (χ1v) is 13.7. The van der Waals surface area contributed by atoms with Crippen molar-refractivity contribution in [3.05, 3.63) is 63.6 Å². The van der Waals surface area contributed by atoms with Crippen LogP contribution in [0.3, 0.4) is 0 Å². The molecule has 3 rings (SSSR count). The number of anilines is 1. The maximum Gasteiger partial charge on any atom is 0.253 e.